The Balaban J connectivity index is 1.18. The Morgan fingerprint density at radius 1 is 1.04 bits per heavy atom. The fourth-order valence-corrected chi connectivity index (χ4v) is 8.03. The van der Waals surface area contributed by atoms with E-state index < -0.39 is 72.4 Å². The lowest BCUT2D eigenvalue weighted by atomic mass is 9.79. The predicted molar refractivity (Wildman–Crippen MR) is 171 cm³/mol. The average molecular weight is 711 g/mol. The first-order valence-corrected chi connectivity index (χ1v) is 17.7. The maximum Gasteiger partial charge on any atom is 0.416 e. The van der Waals surface area contributed by atoms with E-state index in [2.05, 4.69) is 15.5 Å². The number of hydrogen-bond donors (Lipinski definition) is 2. The number of alkyl halides is 3. The van der Waals surface area contributed by atoms with E-state index in [0.29, 0.717) is 45.2 Å². The lowest BCUT2D eigenvalue weighted by Gasteiger charge is -2.51. The van der Waals surface area contributed by atoms with Crippen LogP contribution in [0.5, 0.6) is 5.75 Å². The fraction of sp³-hybridized carbons (Fsp3) is 0.743. The Morgan fingerprint density at radius 3 is 2.26 bits per heavy atom. The molecule has 6 aliphatic rings. The molecular formula is C35H46F4N4O7. The van der Waals surface area contributed by atoms with Crippen molar-refractivity contribution in [2.45, 2.75) is 107 Å². The molecule has 0 bridgehead atoms. The molecule has 5 fully saturated rings. The number of ether oxygens (including phenoxy) is 4. The van der Waals surface area contributed by atoms with Crippen molar-refractivity contribution in [1.82, 2.24) is 15.1 Å². The second kappa shape index (κ2) is 13.1. The van der Waals surface area contributed by atoms with E-state index in [1.807, 2.05) is 0 Å². The third kappa shape index (κ3) is 7.55. The first kappa shape index (κ1) is 35.2. The first-order valence-electron chi connectivity index (χ1n) is 17.7. The number of piperidine rings is 1. The zero-order valence-electron chi connectivity index (χ0n) is 28.7. The largest absolute Gasteiger partial charge is 0.487 e. The lowest BCUT2D eigenvalue weighted by Crippen LogP contribution is -2.59. The van der Waals surface area contributed by atoms with E-state index in [9.17, 15) is 27.6 Å². The minimum atomic E-state index is -4.69. The number of amides is 3. The number of rotatable bonds is 8. The summed E-state index contributed by atoms with van der Waals surface area (Å²) < 4.78 is 79.8. The summed E-state index contributed by atoms with van der Waals surface area (Å²) in [6.07, 6.45) is -2.61. The molecule has 11 nitrogen and oxygen atoms in total. The van der Waals surface area contributed by atoms with Gasteiger partial charge in [0.2, 0.25) is 11.8 Å². The molecule has 2 unspecified atom stereocenters. The second-order valence-electron chi connectivity index (χ2n) is 15.9. The molecule has 15 heteroatoms. The number of nitrogens with one attached hydrogen (secondary N) is 2. The number of carbonyl (C=O) groups excluding carboxylic acids is 3. The quantitative estimate of drug-likeness (QED) is 0.365. The summed E-state index contributed by atoms with van der Waals surface area (Å²) in [6.45, 7) is 6.29. The van der Waals surface area contributed by atoms with Crippen LogP contribution in [0.1, 0.15) is 77.3 Å². The average Bonchev–Trinajstić information content (AvgIpc) is 3.93. The number of halogens is 4. The summed E-state index contributed by atoms with van der Waals surface area (Å²) in [6, 6.07) is 0.923. The van der Waals surface area contributed by atoms with Gasteiger partial charge in [0.25, 0.3) is 0 Å². The molecule has 3 saturated heterocycles. The Kier molecular flexibility index (Phi) is 9.24. The van der Waals surface area contributed by atoms with Gasteiger partial charge in [0.1, 0.15) is 35.4 Å². The summed E-state index contributed by atoms with van der Waals surface area (Å²) in [4.78, 5) is 43.5. The molecule has 2 saturated carbocycles. The van der Waals surface area contributed by atoms with Gasteiger partial charge in [-0.05, 0) is 83.1 Å². The third-order valence-electron chi connectivity index (χ3n) is 11.0. The molecule has 0 radical (unpaired) electrons. The maximum absolute atomic E-state index is 16.0. The van der Waals surface area contributed by atoms with Crippen LogP contribution in [0.25, 0.3) is 0 Å². The summed E-state index contributed by atoms with van der Waals surface area (Å²) >= 11 is 0. The van der Waals surface area contributed by atoms with Crippen molar-refractivity contribution in [3.63, 3.8) is 0 Å². The van der Waals surface area contributed by atoms with Gasteiger partial charge in [0, 0.05) is 31.1 Å². The minimum Gasteiger partial charge on any atom is -0.487 e. The Labute approximate surface area is 288 Å². The van der Waals surface area contributed by atoms with Crippen LogP contribution in [0.3, 0.4) is 0 Å². The highest BCUT2D eigenvalue weighted by Gasteiger charge is 2.52. The topological polar surface area (TPSA) is 119 Å². The molecular weight excluding hydrogens is 664 g/mol. The summed E-state index contributed by atoms with van der Waals surface area (Å²) in [7, 11) is 0. The van der Waals surface area contributed by atoms with E-state index in [0.717, 1.165) is 36.6 Å². The highest BCUT2D eigenvalue weighted by Crippen LogP contribution is 2.52. The second-order valence-corrected chi connectivity index (χ2v) is 15.9. The van der Waals surface area contributed by atoms with Gasteiger partial charge < -0.3 is 34.5 Å². The van der Waals surface area contributed by atoms with Crippen LogP contribution in [-0.4, -0.2) is 103 Å². The molecule has 4 heterocycles. The normalized spacial score (nSPS) is 26.6. The van der Waals surface area contributed by atoms with Crippen molar-refractivity contribution < 1.29 is 50.9 Å². The molecule has 1 aromatic carbocycles. The molecule has 1 aromatic rings. The smallest absolute Gasteiger partial charge is 0.416 e. The van der Waals surface area contributed by atoms with Gasteiger partial charge in [-0.25, -0.2) is 9.18 Å². The van der Waals surface area contributed by atoms with E-state index in [-0.39, 0.29) is 41.2 Å². The van der Waals surface area contributed by atoms with Crippen molar-refractivity contribution in [2.75, 3.05) is 44.8 Å². The minimum absolute atomic E-state index is 0.132. The molecule has 0 aromatic heterocycles. The number of alkyl carbamates (subject to hydrolysis) is 1. The van der Waals surface area contributed by atoms with Gasteiger partial charge in [-0.15, -0.1) is 0 Å². The van der Waals surface area contributed by atoms with Crippen molar-refractivity contribution in [3.8, 4) is 5.75 Å². The number of carbonyl (C=O) groups is 3. The standard InChI is InChI=1S/C35H46F4N4O7/c1-33(2,3)50-32(46)41-30(29(19-4-5-19)20-6-7-20)31(45)40-24-13-26-22(12-23(24)36)25(43-15-27(35(37,38)39)48-18-28(43)44)14-34(49-26)8-10-42(11-9-34)21-16-47-17-21/h12-13,19-21,25,27,29-30H,4-11,14-18H2,1-3H3,(H,40,45)(H,41,46)/t25?,27?,30-/m0/s1. The molecule has 276 valence electrons. The van der Waals surface area contributed by atoms with Crippen LogP contribution in [0, 0.1) is 23.6 Å². The van der Waals surface area contributed by atoms with E-state index in [1.165, 1.54) is 6.07 Å². The Bertz CT molecular complexity index is 1470. The predicted octanol–water partition coefficient (Wildman–Crippen LogP) is 4.94. The van der Waals surface area contributed by atoms with Gasteiger partial charge in [-0.1, -0.05) is 0 Å². The van der Waals surface area contributed by atoms with Crippen LogP contribution in [0.15, 0.2) is 12.1 Å². The van der Waals surface area contributed by atoms with Crippen LogP contribution in [-0.2, 0) is 23.8 Å². The van der Waals surface area contributed by atoms with E-state index in [1.54, 1.807) is 20.8 Å². The number of anilines is 1. The van der Waals surface area contributed by atoms with Crippen LogP contribution in [0.2, 0.25) is 0 Å². The molecule has 50 heavy (non-hydrogen) atoms. The first-order chi connectivity index (χ1) is 23.6. The number of benzene rings is 1. The zero-order valence-corrected chi connectivity index (χ0v) is 28.7. The van der Waals surface area contributed by atoms with Crippen LogP contribution < -0.4 is 15.4 Å². The number of likely N-dealkylation sites (tertiary alicyclic amines) is 1. The summed E-state index contributed by atoms with van der Waals surface area (Å²) in [5, 5.41) is 5.47. The molecule has 3 amide bonds. The van der Waals surface area contributed by atoms with Gasteiger partial charge >= 0.3 is 12.3 Å². The van der Waals surface area contributed by atoms with Crippen molar-refractivity contribution in [3.05, 3.63) is 23.5 Å². The lowest BCUT2D eigenvalue weighted by molar-refractivity contribution is -0.238. The molecule has 1 spiro atoms. The maximum atomic E-state index is 16.0. The molecule has 2 N–H and O–H groups in total. The molecule has 4 aliphatic heterocycles. The Morgan fingerprint density at radius 2 is 1.70 bits per heavy atom. The monoisotopic (exact) mass is 710 g/mol. The summed E-state index contributed by atoms with van der Waals surface area (Å²) in [5.41, 5.74) is -1.59. The number of hydrogen-bond acceptors (Lipinski definition) is 8. The molecule has 2 aliphatic carbocycles. The van der Waals surface area contributed by atoms with Crippen molar-refractivity contribution in [1.29, 1.82) is 0 Å². The SMILES string of the molecule is CC(C)(C)OC(=O)N[C@H](C(=O)Nc1cc2c(cc1F)C(N1CC(C(F)(F)F)OCC1=O)CC1(CCN(C3COC3)CC1)O2)C(C1CC1)C1CC1. The van der Waals surface area contributed by atoms with Gasteiger partial charge in [0.05, 0.1) is 37.5 Å². The fourth-order valence-electron chi connectivity index (χ4n) is 8.03. The Hall–Kier alpha value is -3.17. The highest BCUT2D eigenvalue weighted by atomic mass is 19.4. The zero-order chi connectivity index (χ0) is 35.6. The van der Waals surface area contributed by atoms with Gasteiger partial charge in [-0.2, -0.15) is 13.2 Å². The number of fused-ring (bicyclic) bond motifs is 1. The third-order valence-corrected chi connectivity index (χ3v) is 11.0. The van der Waals surface area contributed by atoms with Crippen LogP contribution >= 0.6 is 0 Å². The van der Waals surface area contributed by atoms with Gasteiger partial charge in [-0.3, -0.25) is 14.5 Å². The summed E-state index contributed by atoms with van der Waals surface area (Å²) in [5.74, 6) is -1.47. The number of morpholine rings is 1. The van der Waals surface area contributed by atoms with E-state index in [4.69, 9.17) is 18.9 Å². The molecule has 7 rings (SSSR count). The van der Waals surface area contributed by atoms with Gasteiger partial charge in [0.15, 0.2) is 6.10 Å². The van der Waals surface area contributed by atoms with Crippen molar-refractivity contribution in [2.24, 2.45) is 17.8 Å². The van der Waals surface area contributed by atoms with Crippen molar-refractivity contribution >= 4 is 23.6 Å². The van der Waals surface area contributed by atoms with Crippen LogP contribution in [0.4, 0.5) is 28.0 Å². The number of nitrogens with zero attached hydrogens (tertiary/aromatic N) is 2. The van der Waals surface area contributed by atoms with E-state index >= 15 is 4.39 Å². The molecule has 3 atom stereocenters. The highest BCUT2D eigenvalue weighted by molar-refractivity contribution is 5.97.